The van der Waals surface area contributed by atoms with Crippen molar-refractivity contribution in [3.05, 3.63) is 23.2 Å². The number of carboxylic acids is 1. The summed E-state index contributed by atoms with van der Waals surface area (Å²) in [5, 5.41) is 11.6. The second kappa shape index (κ2) is 6.97. The maximum absolute atomic E-state index is 11.9. The molecule has 0 aliphatic carbocycles. The number of rotatable bonds is 7. The molecule has 0 saturated carbocycles. The van der Waals surface area contributed by atoms with Crippen LogP contribution in [0.1, 0.15) is 55.0 Å². The van der Waals surface area contributed by atoms with Gasteiger partial charge in [0, 0.05) is 6.42 Å². The highest BCUT2D eigenvalue weighted by molar-refractivity contribution is 5.94. The highest BCUT2D eigenvalue weighted by Gasteiger charge is 2.22. The summed E-state index contributed by atoms with van der Waals surface area (Å²) in [6.07, 6.45) is 2.78. The molecule has 2 N–H and O–H groups in total. The minimum atomic E-state index is -1.01. The fourth-order valence-corrected chi connectivity index (χ4v) is 1.88. The van der Waals surface area contributed by atoms with E-state index in [4.69, 9.17) is 9.52 Å². The van der Waals surface area contributed by atoms with Crippen LogP contribution < -0.4 is 5.32 Å². The molecule has 1 unspecified atom stereocenters. The number of carboxylic acid groups (broad SMARTS) is 1. The first kappa shape index (κ1) is 15.3. The van der Waals surface area contributed by atoms with Gasteiger partial charge in [0.2, 0.25) is 0 Å². The SMILES string of the molecule is CCCCC(NC(=O)c1cc(C)c(CC)o1)C(=O)O. The van der Waals surface area contributed by atoms with Crippen LogP contribution in [0.3, 0.4) is 0 Å². The number of furan rings is 1. The highest BCUT2D eigenvalue weighted by Crippen LogP contribution is 2.15. The minimum Gasteiger partial charge on any atom is -0.480 e. The Balaban J connectivity index is 2.72. The molecule has 1 heterocycles. The van der Waals surface area contributed by atoms with E-state index in [1.54, 1.807) is 6.07 Å². The molecule has 0 saturated heterocycles. The van der Waals surface area contributed by atoms with Crippen LogP contribution >= 0.6 is 0 Å². The number of carbonyl (C=O) groups excluding carboxylic acids is 1. The number of amides is 1. The smallest absolute Gasteiger partial charge is 0.326 e. The topological polar surface area (TPSA) is 79.5 Å². The van der Waals surface area contributed by atoms with Crippen LogP contribution in [0.15, 0.2) is 10.5 Å². The molecule has 0 aromatic carbocycles. The highest BCUT2D eigenvalue weighted by atomic mass is 16.4. The Morgan fingerprint density at radius 2 is 2.11 bits per heavy atom. The van der Waals surface area contributed by atoms with Gasteiger partial charge in [-0.1, -0.05) is 26.7 Å². The average Bonchev–Trinajstić information content (AvgIpc) is 2.75. The van der Waals surface area contributed by atoms with Crippen molar-refractivity contribution < 1.29 is 19.1 Å². The lowest BCUT2D eigenvalue weighted by Gasteiger charge is -2.12. The third kappa shape index (κ3) is 4.12. The Hall–Kier alpha value is -1.78. The molecule has 0 bridgehead atoms. The first-order valence-electron chi connectivity index (χ1n) is 6.62. The average molecular weight is 267 g/mol. The monoisotopic (exact) mass is 267 g/mol. The van der Waals surface area contributed by atoms with Gasteiger partial charge in [-0.15, -0.1) is 0 Å². The molecule has 1 aromatic rings. The van der Waals surface area contributed by atoms with Crippen LogP contribution in [0.5, 0.6) is 0 Å². The van der Waals surface area contributed by atoms with E-state index in [-0.39, 0.29) is 5.76 Å². The molecule has 1 aromatic heterocycles. The molecule has 5 heteroatoms. The number of carbonyl (C=O) groups is 2. The van der Waals surface area contributed by atoms with E-state index in [0.29, 0.717) is 12.8 Å². The summed E-state index contributed by atoms with van der Waals surface area (Å²) >= 11 is 0. The summed E-state index contributed by atoms with van der Waals surface area (Å²) in [6.45, 7) is 5.78. The van der Waals surface area contributed by atoms with Crippen molar-refractivity contribution in [1.82, 2.24) is 5.32 Å². The molecule has 0 fully saturated rings. The molecule has 0 aliphatic rings. The van der Waals surface area contributed by atoms with Gasteiger partial charge in [-0.2, -0.15) is 0 Å². The fraction of sp³-hybridized carbons (Fsp3) is 0.571. The maximum Gasteiger partial charge on any atom is 0.326 e. The Morgan fingerprint density at radius 1 is 1.42 bits per heavy atom. The van der Waals surface area contributed by atoms with Gasteiger partial charge in [0.25, 0.3) is 5.91 Å². The number of hydrogen-bond donors (Lipinski definition) is 2. The lowest BCUT2D eigenvalue weighted by molar-refractivity contribution is -0.139. The van der Waals surface area contributed by atoms with Gasteiger partial charge < -0.3 is 14.8 Å². The van der Waals surface area contributed by atoms with Crippen molar-refractivity contribution in [2.45, 2.75) is 52.5 Å². The minimum absolute atomic E-state index is 0.178. The molecule has 0 aliphatic heterocycles. The summed E-state index contributed by atoms with van der Waals surface area (Å²) in [5.41, 5.74) is 0.910. The van der Waals surface area contributed by atoms with Crippen LogP contribution in [-0.2, 0) is 11.2 Å². The van der Waals surface area contributed by atoms with Crippen molar-refractivity contribution in [2.24, 2.45) is 0 Å². The molecule has 1 amide bonds. The predicted octanol–water partition coefficient (Wildman–Crippen LogP) is 2.52. The van der Waals surface area contributed by atoms with Gasteiger partial charge in [0.15, 0.2) is 5.76 Å². The lowest BCUT2D eigenvalue weighted by atomic mass is 10.1. The van der Waals surface area contributed by atoms with Crippen molar-refractivity contribution in [2.75, 3.05) is 0 Å². The van der Waals surface area contributed by atoms with Gasteiger partial charge in [-0.05, 0) is 25.0 Å². The van der Waals surface area contributed by atoms with Gasteiger partial charge in [-0.3, -0.25) is 4.79 Å². The van der Waals surface area contributed by atoms with E-state index in [0.717, 1.165) is 24.2 Å². The maximum atomic E-state index is 11.9. The summed E-state index contributed by atoms with van der Waals surface area (Å²) in [7, 11) is 0. The Bertz CT molecular complexity index is 450. The Morgan fingerprint density at radius 3 is 2.58 bits per heavy atom. The molecule has 5 nitrogen and oxygen atoms in total. The van der Waals surface area contributed by atoms with E-state index < -0.39 is 17.9 Å². The fourth-order valence-electron chi connectivity index (χ4n) is 1.88. The van der Waals surface area contributed by atoms with E-state index >= 15 is 0 Å². The number of unbranched alkanes of at least 4 members (excludes halogenated alkanes) is 1. The van der Waals surface area contributed by atoms with E-state index in [9.17, 15) is 9.59 Å². The quantitative estimate of drug-likeness (QED) is 0.795. The first-order chi connectivity index (χ1) is 8.99. The van der Waals surface area contributed by atoms with Crippen molar-refractivity contribution in [3.63, 3.8) is 0 Å². The van der Waals surface area contributed by atoms with E-state index in [2.05, 4.69) is 5.32 Å². The summed E-state index contributed by atoms with van der Waals surface area (Å²) in [4.78, 5) is 23.0. The molecular weight excluding hydrogens is 246 g/mol. The van der Waals surface area contributed by atoms with Crippen LogP contribution in [0.2, 0.25) is 0 Å². The zero-order valence-electron chi connectivity index (χ0n) is 11.7. The van der Waals surface area contributed by atoms with E-state index in [1.165, 1.54) is 0 Å². The third-order valence-corrected chi connectivity index (χ3v) is 3.02. The third-order valence-electron chi connectivity index (χ3n) is 3.02. The second-order valence-electron chi connectivity index (χ2n) is 4.58. The van der Waals surface area contributed by atoms with Gasteiger partial charge >= 0.3 is 5.97 Å². The van der Waals surface area contributed by atoms with Gasteiger partial charge in [0.1, 0.15) is 11.8 Å². The van der Waals surface area contributed by atoms with Crippen LogP contribution in [-0.4, -0.2) is 23.0 Å². The van der Waals surface area contributed by atoms with Crippen LogP contribution in [0.4, 0.5) is 0 Å². The van der Waals surface area contributed by atoms with Gasteiger partial charge in [0.05, 0.1) is 0 Å². The zero-order chi connectivity index (χ0) is 14.4. The van der Waals surface area contributed by atoms with E-state index in [1.807, 2.05) is 20.8 Å². The molecule has 0 spiro atoms. The number of hydrogen-bond acceptors (Lipinski definition) is 3. The molecule has 106 valence electrons. The largest absolute Gasteiger partial charge is 0.480 e. The molecular formula is C14H21NO4. The summed E-state index contributed by atoms with van der Waals surface area (Å²) < 4.78 is 5.41. The van der Waals surface area contributed by atoms with Gasteiger partial charge in [-0.25, -0.2) is 4.79 Å². The van der Waals surface area contributed by atoms with Crippen LogP contribution in [0.25, 0.3) is 0 Å². The first-order valence-corrected chi connectivity index (χ1v) is 6.62. The zero-order valence-corrected chi connectivity index (χ0v) is 11.7. The summed E-state index contributed by atoms with van der Waals surface area (Å²) in [6, 6.07) is 0.787. The lowest BCUT2D eigenvalue weighted by Crippen LogP contribution is -2.40. The molecule has 1 atom stereocenters. The van der Waals surface area contributed by atoms with Crippen LogP contribution in [0, 0.1) is 6.92 Å². The summed E-state index contributed by atoms with van der Waals surface area (Å²) in [5.74, 6) is -0.547. The predicted molar refractivity (Wildman–Crippen MR) is 71.2 cm³/mol. The van der Waals surface area contributed by atoms with Crippen molar-refractivity contribution in [3.8, 4) is 0 Å². The number of aliphatic carboxylic acids is 1. The standard InChI is InChI=1S/C14H21NO4/c1-4-6-7-10(14(17)18)15-13(16)12-8-9(3)11(5-2)19-12/h8,10H,4-7H2,1-3H3,(H,15,16)(H,17,18). The normalized spacial score (nSPS) is 12.2. The van der Waals surface area contributed by atoms with Crippen molar-refractivity contribution >= 4 is 11.9 Å². The number of aryl methyl sites for hydroxylation is 2. The molecule has 1 rings (SSSR count). The Kier molecular flexibility index (Phi) is 5.60. The number of nitrogens with one attached hydrogen (secondary N) is 1. The molecule has 19 heavy (non-hydrogen) atoms. The Labute approximate surface area is 113 Å². The second-order valence-corrected chi connectivity index (χ2v) is 4.58. The molecule has 0 radical (unpaired) electrons. The van der Waals surface area contributed by atoms with Crippen molar-refractivity contribution in [1.29, 1.82) is 0 Å².